The van der Waals surface area contributed by atoms with Gasteiger partial charge in [-0.3, -0.25) is 20.1 Å². The minimum absolute atomic E-state index is 0.0286. The van der Waals surface area contributed by atoms with Gasteiger partial charge in [-0.1, -0.05) is 0 Å². The predicted octanol–water partition coefficient (Wildman–Crippen LogP) is 1.16. The lowest BCUT2D eigenvalue weighted by atomic mass is 9.87. The fourth-order valence-corrected chi connectivity index (χ4v) is 3.80. The fraction of sp³-hybridized carbons (Fsp3) is 0.400. The molecule has 5 N–H and O–H groups in total. The van der Waals surface area contributed by atoms with Gasteiger partial charge in [-0.25, -0.2) is 15.0 Å². The highest BCUT2D eigenvalue weighted by atomic mass is 16.3. The Labute approximate surface area is 173 Å². The summed E-state index contributed by atoms with van der Waals surface area (Å²) in [4.78, 5) is 31.4. The second kappa shape index (κ2) is 8.54. The first-order valence-corrected chi connectivity index (χ1v) is 9.94. The molecule has 2 aromatic rings. The van der Waals surface area contributed by atoms with Gasteiger partial charge in [0.15, 0.2) is 17.5 Å². The van der Waals surface area contributed by atoms with Gasteiger partial charge in [0.1, 0.15) is 5.69 Å². The number of aliphatic hydroxyl groups is 1. The number of nitrogens with two attached hydrogens (primary N) is 1. The van der Waals surface area contributed by atoms with Crippen LogP contribution in [0.3, 0.4) is 0 Å². The van der Waals surface area contributed by atoms with E-state index in [1.54, 1.807) is 29.4 Å². The first-order valence-electron chi connectivity index (χ1n) is 9.94. The molecule has 156 valence electrons. The number of pyridine rings is 1. The van der Waals surface area contributed by atoms with Crippen LogP contribution in [0.4, 0.5) is 11.6 Å². The van der Waals surface area contributed by atoms with E-state index in [0.29, 0.717) is 35.5 Å². The Balaban J connectivity index is 1.58. The Kier molecular flexibility index (Phi) is 5.66. The minimum Gasteiger partial charge on any atom is -0.393 e. The van der Waals surface area contributed by atoms with Crippen LogP contribution in [0.1, 0.15) is 31.4 Å². The summed E-state index contributed by atoms with van der Waals surface area (Å²) in [6.45, 7) is 0.764. The summed E-state index contributed by atoms with van der Waals surface area (Å²) < 4.78 is 0. The van der Waals surface area contributed by atoms with E-state index in [-0.39, 0.29) is 24.4 Å². The monoisotopic (exact) mass is 408 g/mol. The van der Waals surface area contributed by atoms with Gasteiger partial charge in [0, 0.05) is 18.3 Å². The largest absolute Gasteiger partial charge is 0.393 e. The molecule has 0 spiro atoms. The van der Waals surface area contributed by atoms with Gasteiger partial charge in [-0.05, 0) is 43.7 Å². The highest BCUT2D eigenvalue weighted by molar-refractivity contribution is 6.01. The number of carbonyl (C=O) groups is 1. The highest BCUT2D eigenvalue weighted by Crippen LogP contribution is 2.32. The van der Waals surface area contributed by atoms with Crippen molar-refractivity contribution in [1.82, 2.24) is 15.0 Å². The third-order valence-corrected chi connectivity index (χ3v) is 5.48. The SMILES string of the molecule is N=C(/N=C\N)c1ccc(-c2cnc3c(n2)N(C[C@H]2CC[C@@H](O)CC2)C(=O)CN3)cn1. The molecule has 1 aliphatic heterocycles. The van der Waals surface area contributed by atoms with E-state index in [1.807, 2.05) is 0 Å². The number of rotatable bonds is 4. The van der Waals surface area contributed by atoms with Gasteiger partial charge in [-0.2, -0.15) is 0 Å². The van der Waals surface area contributed by atoms with Crippen LogP contribution in [0.2, 0.25) is 0 Å². The number of nitrogens with one attached hydrogen (secondary N) is 2. The molecule has 2 aromatic heterocycles. The number of aliphatic hydroxyl groups excluding tert-OH is 1. The number of nitrogens with zero attached hydrogens (tertiary/aromatic N) is 5. The van der Waals surface area contributed by atoms with Crippen molar-refractivity contribution in [1.29, 1.82) is 5.41 Å². The lowest BCUT2D eigenvalue weighted by Crippen LogP contribution is -2.44. The highest BCUT2D eigenvalue weighted by Gasteiger charge is 2.30. The van der Waals surface area contributed by atoms with E-state index in [0.717, 1.165) is 37.6 Å². The van der Waals surface area contributed by atoms with Crippen LogP contribution in [0, 0.1) is 11.3 Å². The molecule has 30 heavy (non-hydrogen) atoms. The summed E-state index contributed by atoms with van der Waals surface area (Å²) in [6, 6.07) is 3.45. The third-order valence-electron chi connectivity index (χ3n) is 5.48. The normalized spacial score (nSPS) is 21.4. The van der Waals surface area contributed by atoms with Gasteiger partial charge < -0.3 is 16.2 Å². The average molecular weight is 408 g/mol. The summed E-state index contributed by atoms with van der Waals surface area (Å²) in [7, 11) is 0. The molecule has 0 unspecified atom stereocenters. The lowest BCUT2D eigenvalue weighted by Gasteiger charge is -2.33. The first kappa shape index (κ1) is 19.9. The minimum atomic E-state index is -0.230. The number of aromatic nitrogens is 3. The molecule has 1 amide bonds. The molecule has 2 aliphatic rings. The first-order chi connectivity index (χ1) is 14.5. The Morgan fingerprint density at radius 1 is 1.30 bits per heavy atom. The molecule has 0 atom stereocenters. The summed E-state index contributed by atoms with van der Waals surface area (Å²) in [5.41, 5.74) is 6.92. The van der Waals surface area contributed by atoms with Crippen molar-refractivity contribution >= 4 is 29.7 Å². The number of hydrogen-bond donors (Lipinski definition) is 4. The van der Waals surface area contributed by atoms with Crippen molar-refractivity contribution in [3.63, 3.8) is 0 Å². The van der Waals surface area contributed by atoms with Crippen molar-refractivity contribution < 1.29 is 9.90 Å². The quantitative estimate of drug-likeness (QED) is 0.437. The summed E-state index contributed by atoms with van der Waals surface area (Å²) in [5, 5.41) is 20.5. The number of aliphatic imine (C=N–C) groups is 1. The second-order valence-corrected chi connectivity index (χ2v) is 7.52. The molecule has 1 saturated carbocycles. The van der Waals surface area contributed by atoms with Gasteiger partial charge in [-0.15, -0.1) is 0 Å². The van der Waals surface area contributed by atoms with Crippen LogP contribution in [-0.4, -0.2) is 57.3 Å². The Morgan fingerprint density at radius 2 is 2.10 bits per heavy atom. The van der Waals surface area contributed by atoms with E-state index in [4.69, 9.17) is 16.1 Å². The molecular formula is C20H24N8O2. The summed E-state index contributed by atoms with van der Waals surface area (Å²) in [6.07, 6.45) is 7.38. The van der Waals surface area contributed by atoms with Crippen LogP contribution >= 0.6 is 0 Å². The Morgan fingerprint density at radius 3 is 2.80 bits per heavy atom. The molecule has 0 saturated heterocycles. The maximum atomic E-state index is 12.6. The molecule has 3 heterocycles. The van der Waals surface area contributed by atoms with Crippen LogP contribution < -0.4 is 16.0 Å². The number of anilines is 2. The zero-order valence-corrected chi connectivity index (χ0v) is 16.5. The average Bonchev–Trinajstić information content (AvgIpc) is 2.77. The molecule has 4 rings (SSSR count). The maximum absolute atomic E-state index is 12.6. The van der Waals surface area contributed by atoms with E-state index >= 15 is 0 Å². The number of amides is 1. The summed E-state index contributed by atoms with van der Waals surface area (Å²) in [5.74, 6) is 1.36. The molecule has 0 bridgehead atoms. The van der Waals surface area contributed by atoms with Crippen molar-refractivity contribution in [3.05, 3.63) is 30.2 Å². The van der Waals surface area contributed by atoms with Gasteiger partial charge in [0.25, 0.3) is 0 Å². The number of hydrogen-bond acceptors (Lipinski definition) is 7. The Bertz CT molecular complexity index is 967. The topological polar surface area (TPSA) is 153 Å². The van der Waals surface area contributed by atoms with E-state index < -0.39 is 0 Å². The van der Waals surface area contributed by atoms with Crippen LogP contribution in [-0.2, 0) is 4.79 Å². The molecule has 10 nitrogen and oxygen atoms in total. The maximum Gasteiger partial charge on any atom is 0.247 e. The predicted molar refractivity (Wildman–Crippen MR) is 114 cm³/mol. The van der Waals surface area contributed by atoms with E-state index in [1.165, 1.54) is 0 Å². The van der Waals surface area contributed by atoms with Crippen molar-refractivity contribution in [2.75, 3.05) is 23.3 Å². The van der Waals surface area contributed by atoms with Crippen molar-refractivity contribution in [2.24, 2.45) is 16.6 Å². The Hall–Kier alpha value is -3.40. The van der Waals surface area contributed by atoms with Crippen molar-refractivity contribution in [2.45, 2.75) is 31.8 Å². The zero-order chi connectivity index (χ0) is 21.1. The number of carbonyl (C=O) groups excluding carboxylic acids is 1. The van der Waals surface area contributed by atoms with Gasteiger partial charge in [0.05, 0.1) is 30.9 Å². The number of fused-ring (bicyclic) bond motifs is 1. The van der Waals surface area contributed by atoms with Crippen LogP contribution in [0.15, 0.2) is 29.5 Å². The van der Waals surface area contributed by atoms with E-state index in [2.05, 4.69) is 20.3 Å². The molecule has 0 aromatic carbocycles. The molecule has 1 aliphatic carbocycles. The van der Waals surface area contributed by atoms with E-state index in [9.17, 15) is 9.90 Å². The fourth-order valence-electron chi connectivity index (χ4n) is 3.80. The third kappa shape index (κ3) is 4.13. The van der Waals surface area contributed by atoms with Gasteiger partial charge >= 0.3 is 0 Å². The number of amidine groups is 1. The van der Waals surface area contributed by atoms with Gasteiger partial charge in [0.2, 0.25) is 5.91 Å². The zero-order valence-electron chi connectivity index (χ0n) is 16.5. The molecular weight excluding hydrogens is 384 g/mol. The standard InChI is InChI=1S/C20H24N8O2/c21-11-26-18(22)15-6-3-13(7-23-15)16-8-24-19-20(27-16)28(17(30)9-25-19)10-12-1-4-14(29)5-2-12/h3,6-8,11-12,14,29H,1-2,4-5,9-10H2,(H,24,25)(H3,21,22,26)/t12-,14+. The lowest BCUT2D eigenvalue weighted by molar-refractivity contribution is -0.117. The molecule has 10 heteroatoms. The van der Waals surface area contributed by atoms with Crippen LogP contribution in [0.5, 0.6) is 0 Å². The van der Waals surface area contributed by atoms with Crippen molar-refractivity contribution in [3.8, 4) is 11.3 Å². The second-order valence-electron chi connectivity index (χ2n) is 7.52. The van der Waals surface area contributed by atoms with Crippen LogP contribution in [0.25, 0.3) is 11.3 Å². The summed E-state index contributed by atoms with van der Waals surface area (Å²) >= 11 is 0. The molecule has 0 radical (unpaired) electrons. The molecule has 1 fully saturated rings. The smallest absolute Gasteiger partial charge is 0.247 e.